The van der Waals surface area contributed by atoms with E-state index in [0.717, 1.165) is 15.5 Å². The number of aryl methyl sites for hydroxylation is 1. The summed E-state index contributed by atoms with van der Waals surface area (Å²) in [6.45, 7) is -11.9. The third kappa shape index (κ3) is 7.75. The second kappa shape index (κ2) is 14.2. The van der Waals surface area contributed by atoms with E-state index in [0.29, 0.717) is 0 Å². The Labute approximate surface area is 297 Å². The molecule has 4 aromatic rings. The van der Waals surface area contributed by atoms with Crippen LogP contribution < -0.4 is 41.4 Å². The van der Waals surface area contributed by atoms with Gasteiger partial charge < -0.3 is 65.7 Å². The summed E-state index contributed by atoms with van der Waals surface area (Å²) in [5, 5.41) is 54.4. The van der Waals surface area contributed by atoms with Crippen LogP contribution in [0.2, 0.25) is 0 Å². The molecule has 5 unspecified atom stereocenters. The van der Waals surface area contributed by atoms with Crippen LogP contribution in [0.25, 0.3) is 22.3 Å². The number of nitrogen functional groups attached to an aromatic ring is 2. The number of anilines is 2. The molecule has 11 atom stereocenters. The number of ether oxygens (including phenoxy) is 2. The molecule has 2 saturated heterocycles. The summed E-state index contributed by atoms with van der Waals surface area (Å²) in [4.78, 5) is 67.3. The van der Waals surface area contributed by atoms with Gasteiger partial charge in [0.2, 0.25) is 12.2 Å². The number of nitrogens with zero attached hydrogens (tertiary/aromatic N) is 7. The van der Waals surface area contributed by atoms with Crippen molar-refractivity contribution >= 4 is 78.8 Å². The summed E-state index contributed by atoms with van der Waals surface area (Å²) in [5.41, 5.74) is 9.99. The zero-order chi connectivity index (χ0) is 38.1. The molecular weight excluding hydrogens is 805 g/mol. The van der Waals surface area contributed by atoms with Crippen LogP contribution in [-0.2, 0) is 50.6 Å². The van der Waals surface area contributed by atoms with E-state index in [1.165, 1.54) is 17.9 Å². The number of phosphoric acid groups is 1. The lowest BCUT2D eigenvalue weighted by atomic mass is 10.1. The quantitative estimate of drug-likeness (QED) is 0.0516. The zero-order valence-corrected chi connectivity index (χ0v) is 30.1. The first-order chi connectivity index (χ1) is 24.2. The second-order valence-electron chi connectivity index (χ2n) is 11.2. The Bertz CT molecular complexity index is 2230. The van der Waals surface area contributed by atoms with Gasteiger partial charge in [0, 0.05) is 11.6 Å². The highest BCUT2D eigenvalue weighted by Crippen LogP contribution is 2.67. The maximum absolute atomic E-state index is 12.7. The Balaban J connectivity index is 1.04. The molecule has 4 aromatic heterocycles. The van der Waals surface area contributed by atoms with Crippen LogP contribution in [0.3, 0.4) is 0 Å². The number of aromatic amines is 1. The number of H-pyrrole nitrogens is 1. The molecular formula is C21H26N10O16P3S2-3. The number of phosphoric ester groups is 1. The fraction of sp³-hybridized carbons (Fsp3) is 0.524. The Hall–Kier alpha value is -2.72. The first kappa shape index (κ1) is 39.0. The number of aliphatic hydroxyl groups is 4. The monoisotopic (exact) mass is 831 g/mol. The molecule has 0 aliphatic carbocycles. The molecule has 26 nitrogen and oxygen atoms in total. The molecule has 286 valence electrons. The minimum Gasteiger partial charge on any atom is -0.856 e. The number of hydrogen-bond acceptors (Lipinski definition) is 24. The van der Waals surface area contributed by atoms with Gasteiger partial charge in [-0.3, -0.25) is 36.7 Å². The van der Waals surface area contributed by atoms with Gasteiger partial charge in [0.05, 0.1) is 26.1 Å². The van der Waals surface area contributed by atoms with E-state index < -0.39 is 100 Å². The van der Waals surface area contributed by atoms with Crippen molar-refractivity contribution in [2.24, 2.45) is 7.05 Å². The third-order valence-corrected chi connectivity index (χ3v) is 15.3. The predicted molar refractivity (Wildman–Crippen MR) is 167 cm³/mol. The molecule has 0 bridgehead atoms. The average Bonchev–Trinajstić information content (AvgIpc) is 3.74. The summed E-state index contributed by atoms with van der Waals surface area (Å²) in [6.07, 6.45) is -10.5. The summed E-state index contributed by atoms with van der Waals surface area (Å²) in [6, 6.07) is 0. The first-order valence-electron chi connectivity index (χ1n) is 14.3. The van der Waals surface area contributed by atoms with Gasteiger partial charge >= 0.3 is 5.65 Å². The molecule has 52 heavy (non-hydrogen) atoms. The molecule has 2 aliphatic heterocycles. The molecule has 9 N–H and O–H groups in total. The van der Waals surface area contributed by atoms with E-state index in [1.807, 2.05) is 0 Å². The summed E-state index contributed by atoms with van der Waals surface area (Å²) < 4.78 is 52.8. The predicted octanol–water partition coefficient (Wildman–Crippen LogP) is -5.83. The fourth-order valence-electron chi connectivity index (χ4n) is 5.37. The molecule has 6 rings (SSSR count). The van der Waals surface area contributed by atoms with Crippen molar-refractivity contribution in [1.82, 2.24) is 34.1 Å². The Kier molecular flexibility index (Phi) is 10.6. The van der Waals surface area contributed by atoms with E-state index in [9.17, 15) is 54.1 Å². The highest BCUT2D eigenvalue weighted by Gasteiger charge is 2.48. The van der Waals surface area contributed by atoms with Crippen molar-refractivity contribution in [2.45, 2.75) is 49.1 Å². The number of aromatic nitrogens is 8. The van der Waals surface area contributed by atoms with Crippen LogP contribution >= 0.6 is 32.7 Å². The minimum atomic E-state index is -5.78. The van der Waals surface area contributed by atoms with E-state index in [-0.39, 0.29) is 39.7 Å². The fourth-order valence-corrected chi connectivity index (χ4v) is 13.1. The number of nitrogens with two attached hydrogens (primary N) is 2. The molecule has 2 fully saturated rings. The van der Waals surface area contributed by atoms with Crippen molar-refractivity contribution in [3.8, 4) is 5.88 Å². The van der Waals surface area contributed by atoms with Gasteiger partial charge in [-0.2, -0.15) is 4.98 Å². The third-order valence-electron chi connectivity index (χ3n) is 7.61. The second-order valence-corrected chi connectivity index (χ2v) is 19.5. The van der Waals surface area contributed by atoms with Crippen LogP contribution in [0.1, 0.15) is 12.5 Å². The minimum absolute atomic E-state index is 0.0361. The Morgan fingerprint density at radius 3 is 2.46 bits per heavy atom. The highest BCUT2D eigenvalue weighted by atomic mass is 32.7. The lowest BCUT2D eigenvalue weighted by molar-refractivity contribution is -0.745. The number of rotatable bonds is 12. The largest absolute Gasteiger partial charge is 0.856 e. The summed E-state index contributed by atoms with van der Waals surface area (Å²) in [5.74, 6) is -2.13. The van der Waals surface area contributed by atoms with Crippen LogP contribution in [0, 0.1) is 0 Å². The standard InChI is InChI=1S/C21H29N10O16P3S2/c1-29-5-31(15-9(29)17(37)28-21(23)26-15)19-12(34)10(32)6(44-19)2-43-48(38,39)46-50(42,51)47-49(40,41)52-3-7-11(33)13(35)18(45-7)30-4-24-8-14(30)25-20(22)27-16(8)36/h4-7,10-13,18-19,32-35H,2-3H2,1H3,(H8-,22,23,25,26,27,28,36,37,38,39,40,41,42,51)/p-3/t6-,7-,10?,11+,12+,13?,18-,19-,50?/m1/s1. The van der Waals surface area contributed by atoms with Gasteiger partial charge in [-0.05, 0) is 0 Å². The first-order valence-corrected chi connectivity index (χ1v) is 21.4. The van der Waals surface area contributed by atoms with Gasteiger partial charge in [-0.1, -0.05) is 28.2 Å². The highest BCUT2D eigenvalue weighted by molar-refractivity contribution is 8.55. The molecule has 2 aliphatic rings. The number of hydrogen-bond donors (Lipinski definition) is 7. The maximum Gasteiger partial charge on any atom is 0.309 e. The molecule has 0 radical (unpaired) electrons. The molecule has 6 heterocycles. The summed E-state index contributed by atoms with van der Waals surface area (Å²) >= 11 is 4.31. The van der Waals surface area contributed by atoms with Gasteiger partial charge in [-0.15, -0.1) is 0 Å². The molecule has 31 heteroatoms. The van der Waals surface area contributed by atoms with Gasteiger partial charge in [0.15, 0.2) is 36.0 Å². The SMILES string of the molecule is Cn1c[n+]([C@@H]2O[C@H](COP(=O)([O-])OP([O-])(=S)OP(=O)([O-])SC[C@H]3O[C@@H](n4cnc5c(=O)[nH]c(N)nc54)C(O)[C@H]3O)C(O)[C@@H]2O)c2nc(N)nc([O-])c21. The van der Waals surface area contributed by atoms with E-state index in [4.69, 9.17) is 20.9 Å². The normalized spacial score (nSPS) is 30.1. The van der Waals surface area contributed by atoms with Crippen molar-refractivity contribution in [2.75, 3.05) is 23.8 Å². The van der Waals surface area contributed by atoms with E-state index in [1.54, 1.807) is 0 Å². The van der Waals surface area contributed by atoms with Gasteiger partial charge in [-0.25, -0.2) is 14.5 Å². The topological polar surface area (TPSA) is 404 Å². The van der Waals surface area contributed by atoms with Crippen LogP contribution in [-0.4, -0.2) is 103 Å². The number of aliphatic hydroxyl groups excluding tert-OH is 4. The zero-order valence-electron chi connectivity index (χ0n) is 25.8. The van der Waals surface area contributed by atoms with Crippen LogP contribution in [0.5, 0.6) is 5.88 Å². The summed E-state index contributed by atoms with van der Waals surface area (Å²) in [7, 11) is -4.33. The number of fused-ring (bicyclic) bond motifs is 2. The van der Waals surface area contributed by atoms with Crippen molar-refractivity contribution in [3.63, 3.8) is 0 Å². The Morgan fingerprint density at radius 2 is 1.75 bits per heavy atom. The molecule has 0 saturated carbocycles. The molecule has 0 spiro atoms. The van der Waals surface area contributed by atoms with Crippen LogP contribution in [0.4, 0.5) is 11.9 Å². The van der Waals surface area contributed by atoms with E-state index in [2.05, 4.69) is 49.9 Å². The smallest absolute Gasteiger partial charge is 0.309 e. The van der Waals surface area contributed by atoms with Crippen LogP contribution in [0.15, 0.2) is 17.4 Å². The maximum atomic E-state index is 12.7. The van der Waals surface area contributed by atoms with Gasteiger partial charge in [0.1, 0.15) is 37.2 Å². The lowest BCUT2D eigenvalue weighted by Gasteiger charge is -2.37. The average molecular weight is 832 g/mol. The van der Waals surface area contributed by atoms with E-state index >= 15 is 0 Å². The van der Waals surface area contributed by atoms with Crippen molar-refractivity contribution in [3.05, 3.63) is 23.0 Å². The Morgan fingerprint density at radius 1 is 1.06 bits per heavy atom. The molecule has 0 amide bonds. The number of imidazole rings is 2. The van der Waals surface area contributed by atoms with Crippen molar-refractivity contribution in [1.29, 1.82) is 0 Å². The van der Waals surface area contributed by atoms with Crippen molar-refractivity contribution < 1.29 is 76.5 Å². The lowest BCUT2D eigenvalue weighted by Crippen LogP contribution is -2.46. The molecule has 0 aromatic carbocycles. The number of nitrogens with one attached hydrogen (secondary N) is 1. The van der Waals surface area contributed by atoms with Gasteiger partial charge in [0.25, 0.3) is 19.3 Å².